The van der Waals surface area contributed by atoms with E-state index in [2.05, 4.69) is 38.1 Å². The minimum Gasteiger partial charge on any atom is -0.394 e. The zero-order valence-electron chi connectivity index (χ0n) is 16.7. The van der Waals surface area contributed by atoms with Gasteiger partial charge in [-0.25, -0.2) is 0 Å². The van der Waals surface area contributed by atoms with Crippen LogP contribution in [0.2, 0.25) is 0 Å². The SMILES string of the molecule is CC(C)c1ccc(Cc2ccc3c(c2)C2(OC3)O[C@H](CO)[C@@H](O)[C@H](O)[C@H]2O)cc1. The molecule has 2 heterocycles. The van der Waals surface area contributed by atoms with Crippen molar-refractivity contribution in [3.8, 4) is 0 Å². The highest BCUT2D eigenvalue weighted by atomic mass is 16.7. The van der Waals surface area contributed by atoms with E-state index in [0.717, 1.165) is 16.7 Å². The summed E-state index contributed by atoms with van der Waals surface area (Å²) < 4.78 is 11.6. The second kappa shape index (κ2) is 7.80. The van der Waals surface area contributed by atoms with Crippen molar-refractivity contribution in [3.63, 3.8) is 0 Å². The molecule has 1 saturated heterocycles. The topological polar surface area (TPSA) is 99.4 Å². The Labute approximate surface area is 170 Å². The quantitative estimate of drug-likeness (QED) is 0.622. The fraction of sp³-hybridized carbons (Fsp3) is 0.478. The number of hydrogen-bond acceptors (Lipinski definition) is 6. The third-order valence-electron chi connectivity index (χ3n) is 6.00. The first-order chi connectivity index (χ1) is 13.9. The van der Waals surface area contributed by atoms with Crippen LogP contribution in [0.3, 0.4) is 0 Å². The van der Waals surface area contributed by atoms with Crippen LogP contribution in [0, 0.1) is 0 Å². The molecule has 2 aliphatic heterocycles. The zero-order valence-corrected chi connectivity index (χ0v) is 16.7. The highest BCUT2D eigenvalue weighted by molar-refractivity contribution is 5.41. The summed E-state index contributed by atoms with van der Waals surface area (Å²) >= 11 is 0. The average molecular weight is 400 g/mol. The number of aliphatic hydroxyl groups excluding tert-OH is 4. The van der Waals surface area contributed by atoms with Crippen molar-refractivity contribution in [2.75, 3.05) is 6.61 Å². The first kappa shape index (κ1) is 20.5. The van der Waals surface area contributed by atoms with Gasteiger partial charge in [0.05, 0.1) is 13.2 Å². The van der Waals surface area contributed by atoms with E-state index in [9.17, 15) is 20.4 Å². The number of benzene rings is 2. The Hall–Kier alpha value is -1.80. The molecule has 0 bridgehead atoms. The monoisotopic (exact) mass is 400 g/mol. The zero-order chi connectivity index (χ0) is 20.8. The predicted octanol–water partition coefficient (Wildman–Crippen LogP) is 1.56. The summed E-state index contributed by atoms with van der Waals surface area (Å²) in [4.78, 5) is 0. The molecule has 156 valence electrons. The van der Waals surface area contributed by atoms with Crippen LogP contribution in [0.15, 0.2) is 42.5 Å². The van der Waals surface area contributed by atoms with Gasteiger partial charge in [0.2, 0.25) is 5.79 Å². The summed E-state index contributed by atoms with van der Waals surface area (Å²) in [6, 6.07) is 14.4. The molecule has 6 nitrogen and oxygen atoms in total. The van der Waals surface area contributed by atoms with E-state index in [-0.39, 0.29) is 6.61 Å². The Bertz CT molecular complexity index is 862. The molecule has 4 N–H and O–H groups in total. The van der Waals surface area contributed by atoms with Gasteiger partial charge in [-0.15, -0.1) is 0 Å². The summed E-state index contributed by atoms with van der Waals surface area (Å²) in [7, 11) is 0. The maximum Gasteiger partial charge on any atom is 0.225 e. The molecular weight excluding hydrogens is 372 g/mol. The molecule has 0 radical (unpaired) electrons. The van der Waals surface area contributed by atoms with Crippen molar-refractivity contribution < 1.29 is 29.9 Å². The molecule has 0 amide bonds. The van der Waals surface area contributed by atoms with E-state index >= 15 is 0 Å². The van der Waals surface area contributed by atoms with Gasteiger partial charge in [0.1, 0.15) is 24.4 Å². The van der Waals surface area contributed by atoms with Crippen molar-refractivity contribution in [1.82, 2.24) is 0 Å². The molecule has 0 aromatic heterocycles. The Balaban J connectivity index is 1.64. The van der Waals surface area contributed by atoms with Crippen LogP contribution in [-0.4, -0.2) is 51.4 Å². The maximum absolute atomic E-state index is 10.7. The second-order valence-corrected chi connectivity index (χ2v) is 8.29. The van der Waals surface area contributed by atoms with Crippen molar-refractivity contribution >= 4 is 0 Å². The number of ether oxygens (including phenoxy) is 2. The molecule has 5 atom stereocenters. The maximum atomic E-state index is 10.7. The van der Waals surface area contributed by atoms with Gasteiger partial charge in [0, 0.05) is 5.56 Å². The fourth-order valence-electron chi connectivity index (χ4n) is 4.19. The molecule has 4 rings (SSSR count). The van der Waals surface area contributed by atoms with Crippen molar-refractivity contribution in [2.24, 2.45) is 0 Å². The molecule has 0 aliphatic carbocycles. The van der Waals surface area contributed by atoms with E-state index in [1.54, 1.807) is 0 Å². The van der Waals surface area contributed by atoms with E-state index in [1.807, 2.05) is 18.2 Å². The highest BCUT2D eigenvalue weighted by Gasteiger charge is 2.58. The van der Waals surface area contributed by atoms with Crippen LogP contribution in [-0.2, 0) is 28.3 Å². The lowest BCUT2D eigenvalue weighted by Crippen LogP contribution is -2.63. The summed E-state index contributed by atoms with van der Waals surface area (Å²) in [5.41, 5.74) is 4.95. The lowest BCUT2D eigenvalue weighted by Gasteiger charge is -2.46. The fourth-order valence-corrected chi connectivity index (χ4v) is 4.19. The molecule has 2 aromatic carbocycles. The molecular formula is C23H28O6. The van der Waals surface area contributed by atoms with Crippen LogP contribution < -0.4 is 0 Å². The van der Waals surface area contributed by atoms with Gasteiger partial charge in [-0.3, -0.25) is 0 Å². The first-order valence-corrected chi connectivity index (χ1v) is 10.0. The lowest BCUT2D eigenvalue weighted by molar-refractivity contribution is -0.368. The van der Waals surface area contributed by atoms with Gasteiger partial charge in [-0.05, 0) is 40.7 Å². The van der Waals surface area contributed by atoms with Gasteiger partial charge in [0.25, 0.3) is 0 Å². The Kier molecular flexibility index (Phi) is 5.50. The van der Waals surface area contributed by atoms with Crippen molar-refractivity contribution in [3.05, 3.63) is 70.3 Å². The Morgan fingerprint density at radius 2 is 1.69 bits per heavy atom. The summed E-state index contributed by atoms with van der Waals surface area (Å²) in [5, 5.41) is 40.6. The standard InChI is InChI=1S/C23H28O6/c1-13(2)16-6-3-14(4-7-16)9-15-5-8-17-12-28-23(18(17)10-15)22(27)21(26)20(25)19(11-24)29-23/h3-8,10,13,19-22,24-27H,9,11-12H2,1-2H3/t19-,20-,21+,22-,23?/m1/s1. The van der Waals surface area contributed by atoms with E-state index < -0.39 is 36.8 Å². The van der Waals surface area contributed by atoms with E-state index in [1.165, 1.54) is 5.56 Å². The second-order valence-electron chi connectivity index (χ2n) is 8.29. The normalized spacial score (nSPS) is 31.4. The molecule has 1 fully saturated rings. The smallest absolute Gasteiger partial charge is 0.225 e. The number of fused-ring (bicyclic) bond motifs is 2. The van der Waals surface area contributed by atoms with Gasteiger partial charge in [-0.2, -0.15) is 0 Å². The third kappa shape index (κ3) is 3.50. The number of hydrogen-bond donors (Lipinski definition) is 4. The molecule has 1 spiro atoms. The lowest BCUT2D eigenvalue weighted by atomic mass is 9.86. The number of rotatable bonds is 4. The van der Waals surface area contributed by atoms with Crippen LogP contribution in [0.4, 0.5) is 0 Å². The van der Waals surface area contributed by atoms with Crippen LogP contribution in [0.25, 0.3) is 0 Å². The molecule has 29 heavy (non-hydrogen) atoms. The molecule has 1 unspecified atom stereocenters. The summed E-state index contributed by atoms with van der Waals surface area (Å²) in [6.07, 6.45) is -4.70. The van der Waals surface area contributed by atoms with Gasteiger partial charge in [0.15, 0.2) is 0 Å². The summed E-state index contributed by atoms with van der Waals surface area (Å²) in [6.45, 7) is 4.05. The average Bonchev–Trinajstić information content (AvgIpc) is 3.08. The van der Waals surface area contributed by atoms with Gasteiger partial charge in [-0.1, -0.05) is 50.2 Å². The largest absolute Gasteiger partial charge is 0.394 e. The van der Waals surface area contributed by atoms with Crippen molar-refractivity contribution in [1.29, 1.82) is 0 Å². The minimum atomic E-state index is -1.60. The van der Waals surface area contributed by atoms with Crippen LogP contribution in [0.5, 0.6) is 0 Å². The highest BCUT2D eigenvalue weighted by Crippen LogP contribution is 2.46. The van der Waals surface area contributed by atoms with Crippen molar-refractivity contribution in [2.45, 2.75) is 63.0 Å². The summed E-state index contributed by atoms with van der Waals surface area (Å²) in [5.74, 6) is -1.12. The Morgan fingerprint density at radius 1 is 1.00 bits per heavy atom. The van der Waals surface area contributed by atoms with E-state index in [0.29, 0.717) is 17.9 Å². The number of aliphatic hydroxyl groups is 4. The van der Waals surface area contributed by atoms with Crippen LogP contribution in [0.1, 0.15) is 47.6 Å². The Morgan fingerprint density at radius 3 is 2.34 bits per heavy atom. The molecule has 2 aliphatic rings. The predicted molar refractivity (Wildman–Crippen MR) is 106 cm³/mol. The minimum absolute atomic E-state index is 0.219. The molecule has 2 aromatic rings. The van der Waals surface area contributed by atoms with Crippen LogP contribution >= 0.6 is 0 Å². The molecule has 0 saturated carbocycles. The van der Waals surface area contributed by atoms with Gasteiger partial charge < -0.3 is 29.9 Å². The van der Waals surface area contributed by atoms with E-state index in [4.69, 9.17) is 9.47 Å². The van der Waals surface area contributed by atoms with Gasteiger partial charge >= 0.3 is 0 Å². The third-order valence-corrected chi connectivity index (χ3v) is 6.00. The molecule has 6 heteroatoms. The first-order valence-electron chi connectivity index (χ1n) is 10.0.